The summed E-state index contributed by atoms with van der Waals surface area (Å²) in [7, 11) is 3.93. The van der Waals surface area contributed by atoms with Gasteiger partial charge < -0.3 is 23.5 Å². The van der Waals surface area contributed by atoms with E-state index >= 15 is 0 Å². The molecule has 3 aromatic heterocycles. The number of hydrogen-bond donors (Lipinski definition) is 0. The average Bonchev–Trinajstić information content (AvgIpc) is 3.83. The smallest absolute Gasteiger partial charge is 0.330 e. The zero-order chi connectivity index (χ0) is 30.1. The average molecular weight is 609 g/mol. The van der Waals surface area contributed by atoms with Crippen molar-refractivity contribution in [1.29, 1.82) is 0 Å². The molecule has 0 unspecified atom stereocenters. The first-order chi connectivity index (χ1) is 21.4. The fourth-order valence-electron chi connectivity index (χ4n) is 8.95. The van der Waals surface area contributed by atoms with E-state index < -0.39 is 5.79 Å². The standard InChI is InChI=1S/C32H44N6O6/c1-20(23-9-7-15-36(23)2)43-29-24-28(38(30(39)37(24)3)21-10-16-40-17-11-21)33-27(34-29)25-22-8-6-13-31(26(22)35-44-25)12-4-5-14-32(31)41-18-19-42-32/h20-21,23H,4-19H2,1-3H3/t20-,23-,31-/m0/s1. The van der Waals surface area contributed by atoms with E-state index in [0.717, 1.165) is 88.4 Å². The van der Waals surface area contributed by atoms with Gasteiger partial charge in [0, 0.05) is 44.3 Å². The van der Waals surface area contributed by atoms with Crippen LogP contribution in [0.15, 0.2) is 9.32 Å². The zero-order valence-electron chi connectivity index (χ0n) is 26.2. The normalized spacial score (nSPS) is 28.3. The van der Waals surface area contributed by atoms with Gasteiger partial charge in [0.15, 0.2) is 17.0 Å². The fourth-order valence-corrected chi connectivity index (χ4v) is 8.95. The highest BCUT2D eigenvalue weighted by Crippen LogP contribution is 2.57. The van der Waals surface area contributed by atoms with Crippen molar-refractivity contribution in [2.45, 2.75) is 107 Å². The van der Waals surface area contributed by atoms with Crippen LogP contribution in [0.5, 0.6) is 5.88 Å². The Kier molecular flexibility index (Phi) is 7.11. The van der Waals surface area contributed by atoms with E-state index in [1.54, 1.807) is 11.6 Å². The molecule has 12 heteroatoms. The Morgan fingerprint density at radius 1 is 0.955 bits per heavy atom. The first-order valence-corrected chi connectivity index (χ1v) is 16.6. The lowest BCUT2D eigenvalue weighted by Crippen LogP contribution is -2.56. The van der Waals surface area contributed by atoms with E-state index in [1.165, 1.54) is 0 Å². The van der Waals surface area contributed by atoms with E-state index in [1.807, 2.05) is 4.57 Å². The third-order valence-corrected chi connectivity index (χ3v) is 11.2. The predicted molar refractivity (Wildman–Crippen MR) is 161 cm³/mol. The number of rotatable bonds is 5. The number of nitrogens with zero attached hydrogens (tertiary/aromatic N) is 6. The quantitative estimate of drug-likeness (QED) is 0.422. The monoisotopic (exact) mass is 608 g/mol. The molecule has 12 nitrogen and oxygen atoms in total. The number of imidazole rings is 1. The molecule has 0 amide bonds. The SMILES string of the molecule is C[C@H](Oc1nc(-c2onc3c2CCC[C@@]32CCCCC23OCCO3)nc2c1n(C)c(=O)n2C1CCOCC1)[C@@H]1CCCN1C. The van der Waals surface area contributed by atoms with Gasteiger partial charge in [-0.3, -0.25) is 14.0 Å². The van der Waals surface area contributed by atoms with Gasteiger partial charge in [-0.25, -0.2) is 9.78 Å². The van der Waals surface area contributed by atoms with Crippen molar-refractivity contribution in [3.8, 4) is 17.5 Å². The van der Waals surface area contributed by atoms with E-state index in [4.69, 9.17) is 38.6 Å². The summed E-state index contributed by atoms with van der Waals surface area (Å²) >= 11 is 0. The van der Waals surface area contributed by atoms with Gasteiger partial charge in [0.05, 0.1) is 24.3 Å². The van der Waals surface area contributed by atoms with Gasteiger partial charge in [-0.1, -0.05) is 11.6 Å². The summed E-state index contributed by atoms with van der Waals surface area (Å²) < 4.78 is 34.8. The Morgan fingerprint density at radius 2 is 1.73 bits per heavy atom. The fraction of sp³-hybridized carbons (Fsp3) is 0.750. The highest BCUT2D eigenvalue weighted by molar-refractivity contribution is 5.80. The molecule has 3 aromatic rings. The van der Waals surface area contributed by atoms with E-state index in [2.05, 4.69) is 18.9 Å². The lowest BCUT2D eigenvalue weighted by molar-refractivity contribution is -0.231. The lowest BCUT2D eigenvalue weighted by atomic mass is 9.61. The maximum atomic E-state index is 13.8. The molecule has 0 aromatic carbocycles. The van der Waals surface area contributed by atoms with Crippen LogP contribution in [-0.4, -0.2) is 87.1 Å². The Labute approximate surface area is 257 Å². The van der Waals surface area contributed by atoms with Crippen LogP contribution in [-0.2, 0) is 33.1 Å². The first-order valence-electron chi connectivity index (χ1n) is 16.6. The van der Waals surface area contributed by atoms with Crippen LogP contribution in [0.25, 0.3) is 22.7 Å². The molecule has 44 heavy (non-hydrogen) atoms. The van der Waals surface area contributed by atoms with Crippen LogP contribution < -0.4 is 10.4 Å². The molecule has 238 valence electrons. The number of fused-ring (bicyclic) bond motifs is 4. The number of likely N-dealkylation sites (tertiary alicyclic amines) is 1. The van der Waals surface area contributed by atoms with Crippen molar-refractivity contribution < 1.29 is 23.5 Å². The topological polar surface area (TPSA) is 119 Å². The molecule has 0 bridgehead atoms. The molecule has 2 spiro atoms. The van der Waals surface area contributed by atoms with E-state index in [0.29, 0.717) is 55.1 Å². The summed E-state index contributed by atoms with van der Waals surface area (Å²) in [5, 5.41) is 4.75. The second-order valence-corrected chi connectivity index (χ2v) is 13.5. The molecule has 4 fully saturated rings. The second kappa shape index (κ2) is 10.9. The molecular weight excluding hydrogens is 564 g/mol. The highest BCUT2D eigenvalue weighted by atomic mass is 16.7. The Balaban J connectivity index is 1.28. The molecule has 8 rings (SSSR count). The molecule has 0 radical (unpaired) electrons. The molecule has 3 aliphatic heterocycles. The summed E-state index contributed by atoms with van der Waals surface area (Å²) in [6.45, 7) is 5.58. The summed E-state index contributed by atoms with van der Waals surface area (Å²) in [5.74, 6) is 0.731. The molecular formula is C32H44N6O6. The van der Waals surface area contributed by atoms with E-state index in [9.17, 15) is 4.79 Å². The third kappa shape index (κ3) is 4.24. The number of ether oxygens (including phenoxy) is 4. The van der Waals surface area contributed by atoms with Crippen LogP contribution in [0.2, 0.25) is 0 Å². The third-order valence-electron chi connectivity index (χ3n) is 11.2. The van der Waals surface area contributed by atoms with Crippen molar-refractivity contribution in [2.75, 3.05) is 40.0 Å². The van der Waals surface area contributed by atoms with Gasteiger partial charge in [0.25, 0.3) is 0 Å². The van der Waals surface area contributed by atoms with Crippen LogP contribution in [0, 0.1) is 0 Å². The molecule has 0 N–H and O–H groups in total. The minimum absolute atomic E-state index is 0.0142. The van der Waals surface area contributed by atoms with Crippen molar-refractivity contribution in [2.24, 2.45) is 7.05 Å². The predicted octanol–water partition coefficient (Wildman–Crippen LogP) is 3.89. The molecule has 6 heterocycles. The van der Waals surface area contributed by atoms with Crippen molar-refractivity contribution in [3.05, 3.63) is 21.7 Å². The molecule has 2 aliphatic carbocycles. The molecule has 3 saturated heterocycles. The Hall–Kier alpha value is -2.80. The largest absolute Gasteiger partial charge is 0.471 e. The maximum absolute atomic E-state index is 13.8. The second-order valence-electron chi connectivity index (χ2n) is 13.5. The summed E-state index contributed by atoms with van der Waals surface area (Å²) in [6, 6.07) is 0.254. The van der Waals surface area contributed by atoms with Crippen LogP contribution in [0.4, 0.5) is 0 Å². The summed E-state index contributed by atoms with van der Waals surface area (Å²) in [6.07, 6.45) is 10.3. The summed E-state index contributed by atoms with van der Waals surface area (Å²) in [4.78, 5) is 26.3. The summed E-state index contributed by atoms with van der Waals surface area (Å²) in [5.41, 5.74) is 2.68. The van der Waals surface area contributed by atoms with Crippen molar-refractivity contribution >= 4 is 11.2 Å². The van der Waals surface area contributed by atoms with Gasteiger partial charge in [-0.05, 0) is 78.3 Å². The lowest BCUT2D eigenvalue weighted by Gasteiger charge is -2.50. The maximum Gasteiger partial charge on any atom is 0.330 e. The number of hydrogen-bond acceptors (Lipinski definition) is 10. The van der Waals surface area contributed by atoms with Crippen LogP contribution >= 0.6 is 0 Å². The molecule has 3 atom stereocenters. The highest BCUT2D eigenvalue weighted by Gasteiger charge is 2.61. The van der Waals surface area contributed by atoms with E-state index in [-0.39, 0.29) is 29.3 Å². The van der Waals surface area contributed by atoms with Crippen molar-refractivity contribution in [1.82, 2.24) is 29.2 Å². The Bertz CT molecular complexity index is 1600. The number of aromatic nitrogens is 5. The van der Waals surface area contributed by atoms with Crippen molar-refractivity contribution in [3.63, 3.8) is 0 Å². The van der Waals surface area contributed by atoms with Gasteiger partial charge in [-0.2, -0.15) is 4.98 Å². The van der Waals surface area contributed by atoms with Crippen LogP contribution in [0.3, 0.4) is 0 Å². The molecule has 5 aliphatic rings. The Morgan fingerprint density at radius 3 is 2.50 bits per heavy atom. The zero-order valence-corrected chi connectivity index (χ0v) is 26.2. The van der Waals surface area contributed by atoms with Gasteiger partial charge >= 0.3 is 5.69 Å². The minimum atomic E-state index is -0.653. The number of likely N-dealkylation sites (N-methyl/N-ethyl adjacent to an activating group) is 1. The molecule has 1 saturated carbocycles. The van der Waals surface area contributed by atoms with Crippen LogP contribution in [0.1, 0.15) is 88.4 Å². The number of aryl methyl sites for hydroxylation is 1. The van der Waals surface area contributed by atoms with Gasteiger partial charge in [0.1, 0.15) is 6.10 Å². The minimum Gasteiger partial charge on any atom is -0.471 e. The van der Waals surface area contributed by atoms with Gasteiger partial charge in [-0.15, -0.1) is 0 Å². The first kappa shape index (κ1) is 28.7. The van der Waals surface area contributed by atoms with Gasteiger partial charge in [0.2, 0.25) is 17.5 Å².